The molecule has 2 atom stereocenters. The number of guanidine groups is 1. The molecular formula is C23H40IN5O3. The number of anilines is 1. The van der Waals surface area contributed by atoms with Crippen molar-refractivity contribution in [3.05, 3.63) is 18.2 Å². The lowest BCUT2D eigenvalue weighted by Crippen LogP contribution is -2.53. The quantitative estimate of drug-likeness (QED) is 0.287. The number of morpholine rings is 1. The molecule has 0 aromatic heterocycles. The summed E-state index contributed by atoms with van der Waals surface area (Å²) in [6, 6.07) is 6.83. The molecule has 8 nitrogen and oxygen atoms in total. The average molecular weight is 562 g/mol. The van der Waals surface area contributed by atoms with E-state index in [0.29, 0.717) is 18.0 Å². The van der Waals surface area contributed by atoms with E-state index >= 15 is 0 Å². The van der Waals surface area contributed by atoms with Crippen LogP contribution in [0.1, 0.15) is 20.3 Å². The van der Waals surface area contributed by atoms with Crippen LogP contribution in [0.5, 0.6) is 11.5 Å². The highest BCUT2D eigenvalue weighted by Crippen LogP contribution is 2.30. The molecule has 2 unspecified atom stereocenters. The molecule has 2 heterocycles. The first-order valence-electron chi connectivity index (χ1n) is 11.3. The maximum Gasteiger partial charge on any atom is 0.191 e. The molecule has 0 bridgehead atoms. The molecule has 182 valence electrons. The smallest absolute Gasteiger partial charge is 0.191 e. The number of hydrogen-bond acceptors (Lipinski definition) is 6. The molecule has 2 aliphatic heterocycles. The fourth-order valence-electron chi connectivity index (χ4n) is 4.37. The standard InChI is InChI=1S/C23H39N5O3.HI/c1-17(2)22(27-8-10-31-11-9-27)15-25-23(24-3)26-18-6-7-28(16-18)19-12-20(29-4)14-21(13-19)30-5;/h12-14,17-18,22H,6-11,15-16H2,1-5H3,(H2,24,25,26);1H. The van der Waals surface area contributed by atoms with Crippen LogP contribution in [0.2, 0.25) is 0 Å². The van der Waals surface area contributed by atoms with Gasteiger partial charge < -0.3 is 29.7 Å². The Kier molecular flexibility index (Phi) is 11.1. The topological polar surface area (TPSA) is 70.6 Å². The lowest BCUT2D eigenvalue weighted by atomic mass is 10.0. The van der Waals surface area contributed by atoms with Gasteiger partial charge in [-0.1, -0.05) is 13.8 Å². The van der Waals surface area contributed by atoms with E-state index in [1.807, 2.05) is 13.1 Å². The molecule has 1 aromatic carbocycles. The summed E-state index contributed by atoms with van der Waals surface area (Å²) >= 11 is 0. The third-order valence-corrected chi connectivity index (χ3v) is 6.22. The van der Waals surface area contributed by atoms with Gasteiger partial charge in [-0.15, -0.1) is 24.0 Å². The average Bonchev–Trinajstić information content (AvgIpc) is 3.27. The van der Waals surface area contributed by atoms with E-state index in [0.717, 1.165) is 75.5 Å². The monoisotopic (exact) mass is 561 g/mol. The van der Waals surface area contributed by atoms with E-state index in [1.54, 1.807) is 14.2 Å². The number of methoxy groups -OCH3 is 2. The summed E-state index contributed by atoms with van der Waals surface area (Å²) in [5.41, 5.74) is 1.12. The Balaban J connectivity index is 0.00000363. The van der Waals surface area contributed by atoms with E-state index in [4.69, 9.17) is 14.2 Å². The van der Waals surface area contributed by atoms with Gasteiger partial charge in [0.2, 0.25) is 0 Å². The van der Waals surface area contributed by atoms with Crippen molar-refractivity contribution in [1.29, 1.82) is 0 Å². The van der Waals surface area contributed by atoms with Crippen LogP contribution in [0.3, 0.4) is 0 Å². The molecule has 9 heteroatoms. The van der Waals surface area contributed by atoms with Crippen molar-refractivity contribution in [3.8, 4) is 11.5 Å². The number of benzene rings is 1. The largest absolute Gasteiger partial charge is 0.497 e. The van der Waals surface area contributed by atoms with Crippen LogP contribution < -0.4 is 25.0 Å². The maximum atomic E-state index is 5.52. The van der Waals surface area contributed by atoms with Gasteiger partial charge in [0, 0.05) is 75.7 Å². The minimum absolute atomic E-state index is 0. The van der Waals surface area contributed by atoms with Crippen molar-refractivity contribution < 1.29 is 14.2 Å². The van der Waals surface area contributed by atoms with Crippen LogP contribution in [0.25, 0.3) is 0 Å². The second-order valence-corrected chi connectivity index (χ2v) is 8.56. The van der Waals surface area contributed by atoms with E-state index in [1.165, 1.54) is 0 Å². The molecule has 0 aliphatic carbocycles. The second kappa shape index (κ2) is 13.3. The number of hydrogen-bond donors (Lipinski definition) is 2. The number of ether oxygens (including phenoxy) is 3. The molecule has 32 heavy (non-hydrogen) atoms. The Bertz CT molecular complexity index is 705. The lowest BCUT2D eigenvalue weighted by molar-refractivity contribution is 0.00751. The Hall–Kier alpha value is -1.46. The molecule has 0 amide bonds. The van der Waals surface area contributed by atoms with Gasteiger partial charge in [0.05, 0.1) is 27.4 Å². The summed E-state index contributed by atoms with van der Waals surface area (Å²) in [5, 5.41) is 7.18. The highest BCUT2D eigenvalue weighted by molar-refractivity contribution is 14.0. The predicted octanol–water partition coefficient (Wildman–Crippen LogP) is 2.42. The minimum atomic E-state index is 0. The Labute approximate surface area is 210 Å². The molecule has 2 aliphatic rings. The third kappa shape index (κ3) is 7.28. The first-order chi connectivity index (χ1) is 15.0. The van der Waals surface area contributed by atoms with Gasteiger partial charge in [0.15, 0.2) is 5.96 Å². The normalized spacial score (nSPS) is 20.6. The summed E-state index contributed by atoms with van der Waals surface area (Å²) in [4.78, 5) is 9.36. The molecule has 3 rings (SSSR count). The van der Waals surface area contributed by atoms with Crippen molar-refractivity contribution in [3.63, 3.8) is 0 Å². The van der Waals surface area contributed by atoms with E-state index in [2.05, 4.69) is 51.4 Å². The summed E-state index contributed by atoms with van der Waals surface area (Å²) in [5.74, 6) is 3.06. The Morgan fingerprint density at radius 2 is 1.78 bits per heavy atom. The molecule has 0 saturated carbocycles. The van der Waals surface area contributed by atoms with Crippen LogP contribution >= 0.6 is 24.0 Å². The van der Waals surface area contributed by atoms with Gasteiger partial charge in [-0.3, -0.25) is 9.89 Å². The molecular weight excluding hydrogens is 521 g/mol. The van der Waals surface area contributed by atoms with E-state index < -0.39 is 0 Å². The number of nitrogens with zero attached hydrogens (tertiary/aromatic N) is 3. The predicted molar refractivity (Wildman–Crippen MR) is 141 cm³/mol. The molecule has 2 N–H and O–H groups in total. The van der Waals surface area contributed by atoms with Gasteiger partial charge in [0.1, 0.15) is 11.5 Å². The highest BCUT2D eigenvalue weighted by atomic mass is 127. The van der Waals surface area contributed by atoms with Gasteiger partial charge in [0.25, 0.3) is 0 Å². The van der Waals surface area contributed by atoms with Crippen molar-refractivity contribution in [2.75, 3.05) is 72.1 Å². The summed E-state index contributed by atoms with van der Waals surface area (Å²) < 4.78 is 16.4. The van der Waals surface area contributed by atoms with Crippen LogP contribution in [0.15, 0.2) is 23.2 Å². The lowest BCUT2D eigenvalue weighted by Gasteiger charge is -2.37. The number of rotatable bonds is 8. The second-order valence-electron chi connectivity index (χ2n) is 8.56. The summed E-state index contributed by atoms with van der Waals surface area (Å²) in [7, 11) is 5.21. The molecule has 2 fully saturated rings. The SMILES string of the molecule is CN=C(NCC(C(C)C)N1CCOCC1)NC1CCN(c2cc(OC)cc(OC)c2)C1.I. The van der Waals surface area contributed by atoms with Gasteiger partial charge in [-0.05, 0) is 12.3 Å². The van der Waals surface area contributed by atoms with Crippen LogP contribution in [-0.2, 0) is 4.74 Å². The fraction of sp³-hybridized carbons (Fsp3) is 0.696. The highest BCUT2D eigenvalue weighted by Gasteiger charge is 2.26. The van der Waals surface area contributed by atoms with Crippen molar-refractivity contribution in [2.24, 2.45) is 10.9 Å². The summed E-state index contributed by atoms with van der Waals surface area (Å²) in [6.07, 6.45) is 1.05. The maximum absolute atomic E-state index is 5.52. The van der Waals surface area contributed by atoms with Crippen molar-refractivity contribution in [2.45, 2.75) is 32.4 Å². The first-order valence-corrected chi connectivity index (χ1v) is 11.3. The Morgan fingerprint density at radius 1 is 1.12 bits per heavy atom. The third-order valence-electron chi connectivity index (χ3n) is 6.22. The van der Waals surface area contributed by atoms with E-state index in [9.17, 15) is 0 Å². The first kappa shape index (κ1) is 26.8. The zero-order chi connectivity index (χ0) is 22.2. The number of aliphatic imine (C=N–C) groups is 1. The summed E-state index contributed by atoms with van der Waals surface area (Å²) in [6.45, 7) is 11.0. The van der Waals surface area contributed by atoms with Gasteiger partial charge in [-0.25, -0.2) is 0 Å². The zero-order valence-corrected chi connectivity index (χ0v) is 22.4. The fourth-order valence-corrected chi connectivity index (χ4v) is 4.37. The van der Waals surface area contributed by atoms with Crippen LogP contribution in [0.4, 0.5) is 5.69 Å². The van der Waals surface area contributed by atoms with Crippen molar-refractivity contribution >= 4 is 35.6 Å². The number of halogens is 1. The van der Waals surface area contributed by atoms with Crippen LogP contribution in [0, 0.1) is 5.92 Å². The molecule has 1 aromatic rings. The number of nitrogens with one attached hydrogen (secondary N) is 2. The van der Waals surface area contributed by atoms with E-state index in [-0.39, 0.29) is 24.0 Å². The van der Waals surface area contributed by atoms with Crippen molar-refractivity contribution in [1.82, 2.24) is 15.5 Å². The molecule has 0 radical (unpaired) electrons. The molecule has 2 saturated heterocycles. The minimum Gasteiger partial charge on any atom is -0.497 e. The van der Waals surface area contributed by atoms with Gasteiger partial charge in [-0.2, -0.15) is 0 Å². The molecule has 0 spiro atoms. The zero-order valence-electron chi connectivity index (χ0n) is 20.1. The Morgan fingerprint density at radius 3 is 2.34 bits per heavy atom. The van der Waals surface area contributed by atoms with Crippen LogP contribution in [-0.4, -0.2) is 90.1 Å². The van der Waals surface area contributed by atoms with Gasteiger partial charge >= 0.3 is 0 Å².